The maximum absolute atomic E-state index is 13.9. The summed E-state index contributed by atoms with van der Waals surface area (Å²) in [5.74, 6) is -1.12. The first-order valence-electron chi connectivity index (χ1n) is 12.3. The maximum atomic E-state index is 13.9. The number of halogens is 6. The standard InChI is InChI=1S/C27H25F6N3O3S/c1-2-40(38,39)22-10-3-17(4-11-22)13-25(37)35-21-9-12-24(34-15-21)36-16-19(14-23(36)27(31,32)33)18-5-7-20(8-6-18)26(28,29)30/h3-12,15,19,23H,2,13-14,16H2,1H3,(H,35,37)/t19?,23-/m0/s1. The van der Waals surface area contributed by atoms with Crippen molar-refractivity contribution in [3.05, 3.63) is 83.6 Å². The summed E-state index contributed by atoms with van der Waals surface area (Å²) in [5, 5.41) is 2.61. The Bertz CT molecular complexity index is 1440. The Kier molecular flexibility index (Phi) is 8.16. The molecule has 3 aromatic rings. The Hall–Kier alpha value is -3.61. The van der Waals surface area contributed by atoms with Crippen molar-refractivity contribution < 1.29 is 39.6 Å². The summed E-state index contributed by atoms with van der Waals surface area (Å²) < 4.78 is 104. The minimum absolute atomic E-state index is 0.0162. The summed E-state index contributed by atoms with van der Waals surface area (Å²) >= 11 is 0. The average Bonchev–Trinajstić information content (AvgIpc) is 3.35. The lowest BCUT2D eigenvalue weighted by Gasteiger charge is -2.27. The molecule has 0 aliphatic carbocycles. The molecule has 13 heteroatoms. The second-order valence-corrected chi connectivity index (χ2v) is 11.7. The molecule has 2 atom stereocenters. The van der Waals surface area contributed by atoms with Crippen LogP contribution < -0.4 is 10.2 Å². The van der Waals surface area contributed by atoms with E-state index in [-0.39, 0.29) is 41.5 Å². The van der Waals surface area contributed by atoms with E-state index >= 15 is 0 Å². The van der Waals surface area contributed by atoms with Crippen molar-refractivity contribution in [2.24, 2.45) is 0 Å². The smallest absolute Gasteiger partial charge is 0.344 e. The number of amides is 1. The van der Waals surface area contributed by atoms with E-state index < -0.39 is 45.6 Å². The van der Waals surface area contributed by atoms with E-state index in [1.165, 1.54) is 61.7 Å². The third-order valence-electron chi connectivity index (χ3n) is 6.74. The van der Waals surface area contributed by atoms with Gasteiger partial charge in [-0.05, 0) is 53.9 Å². The number of nitrogens with zero attached hydrogens (tertiary/aromatic N) is 2. The highest BCUT2D eigenvalue weighted by molar-refractivity contribution is 7.91. The molecule has 1 unspecified atom stereocenters. The van der Waals surface area contributed by atoms with Crippen molar-refractivity contribution in [2.45, 2.75) is 49.0 Å². The van der Waals surface area contributed by atoms with Crippen LogP contribution >= 0.6 is 0 Å². The monoisotopic (exact) mass is 585 g/mol. The van der Waals surface area contributed by atoms with Crippen molar-refractivity contribution in [3.63, 3.8) is 0 Å². The number of rotatable bonds is 7. The SMILES string of the molecule is CCS(=O)(=O)c1ccc(CC(=O)Nc2ccc(N3CC(c4ccc(C(F)(F)F)cc4)C[C@H]3C(F)(F)F)nc2)cc1. The Morgan fingerprint density at radius 1 is 0.975 bits per heavy atom. The fraction of sp³-hybridized carbons (Fsp3) is 0.333. The highest BCUT2D eigenvalue weighted by Gasteiger charge is 2.50. The molecular formula is C27H25F6N3O3S. The number of carbonyl (C=O) groups excluding carboxylic acids is 1. The van der Waals surface area contributed by atoms with E-state index in [9.17, 15) is 39.6 Å². The molecule has 2 aromatic carbocycles. The first-order valence-corrected chi connectivity index (χ1v) is 13.9. The Labute approximate surface area is 226 Å². The zero-order valence-corrected chi connectivity index (χ0v) is 21.9. The van der Waals surface area contributed by atoms with Crippen LogP contribution in [-0.4, -0.2) is 43.8 Å². The van der Waals surface area contributed by atoms with Gasteiger partial charge >= 0.3 is 12.4 Å². The zero-order valence-electron chi connectivity index (χ0n) is 21.1. The van der Waals surface area contributed by atoms with Gasteiger partial charge in [0.2, 0.25) is 5.91 Å². The molecule has 40 heavy (non-hydrogen) atoms. The Balaban J connectivity index is 1.43. The first kappa shape index (κ1) is 29.4. The predicted octanol–water partition coefficient (Wildman–Crippen LogP) is 6.00. The molecule has 1 aliphatic heterocycles. The average molecular weight is 586 g/mol. The maximum Gasteiger partial charge on any atom is 0.416 e. The number of hydrogen-bond donors (Lipinski definition) is 1. The van der Waals surface area contributed by atoms with Gasteiger partial charge in [0.05, 0.1) is 34.5 Å². The summed E-state index contributed by atoms with van der Waals surface area (Å²) in [6, 6.07) is 10.9. The molecule has 0 bridgehead atoms. The van der Waals surface area contributed by atoms with Crippen molar-refractivity contribution in [3.8, 4) is 0 Å². The number of nitrogens with one attached hydrogen (secondary N) is 1. The summed E-state index contributed by atoms with van der Waals surface area (Å²) in [4.78, 5) is 17.8. The summed E-state index contributed by atoms with van der Waals surface area (Å²) in [5.41, 5.74) is 0.311. The molecule has 0 radical (unpaired) electrons. The van der Waals surface area contributed by atoms with E-state index in [2.05, 4.69) is 10.3 Å². The Morgan fingerprint density at radius 3 is 2.15 bits per heavy atom. The van der Waals surface area contributed by atoms with Crippen molar-refractivity contribution in [2.75, 3.05) is 22.5 Å². The minimum Gasteiger partial charge on any atom is -0.344 e. The van der Waals surface area contributed by atoms with Crippen LogP contribution in [0.2, 0.25) is 0 Å². The van der Waals surface area contributed by atoms with Crippen molar-refractivity contribution >= 4 is 27.2 Å². The van der Waals surface area contributed by atoms with E-state index in [1.807, 2.05) is 0 Å². The van der Waals surface area contributed by atoms with Gasteiger partial charge < -0.3 is 10.2 Å². The number of anilines is 2. The normalized spacial score (nSPS) is 18.1. The molecule has 214 valence electrons. The van der Waals surface area contributed by atoms with E-state index in [0.29, 0.717) is 11.1 Å². The van der Waals surface area contributed by atoms with Crippen LogP contribution in [0.5, 0.6) is 0 Å². The first-order chi connectivity index (χ1) is 18.7. The molecule has 0 spiro atoms. The number of hydrogen-bond acceptors (Lipinski definition) is 5. The van der Waals surface area contributed by atoms with Gasteiger partial charge in [-0.2, -0.15) is 26.3 Å². The van der Waals surface area contributed by atoms with Crippen LogP contribution in [0.1, 0.15) is 36.0 Å². The van der Waals surface area contributed by atoms with Crippen molar-refractivity contribution in [1.82, 2.24) is 4.98 Å². The lowest BCUT2D eigenvalue weighted by molar-refractivity contribution is -0.146. The second-order valence-electron chi connectivity index (χ2n) is 9.44. The Morgan fingerprint density at radius 2 is 1.62 bits per heavy atom. The largest absolute Gasteiger partial charge is 0.416 e. The quantitative estimate of drug-likeness (QED) is 0.344. The van der Waals surface area contributed by atoms with Gasteiger partial charge in [-0.15, -0.1) is 0 Å². The van der Waals surface area contributed by atoms with E-state index in [1.54, 1.807) is 0 Å². The highest BCUT2D eigenvalue weighted by atomic mass is 32.2. The number of aromatic nitrogens is 1. The van der Waals surface area contributed by atoms with Gasteiger partial charge in [-0.25, -0.2) is 13.4 Å². The topological polar surface area (TPSA) is 79.4 Å². The van der Waals surface area contributed by atoms with Gasteiger partial charge in [0.1, 0.15) is 11.9 Å². The van der Waals surface area contributed by atoms with Gasteiger partial charge in [-0.1, -0.05) is 31.2 Å². The van der Waals surface area contributed by atoms with Crippen LogP contribution in [0.15, 0.2) is 71.8 Å². The molecule has 2 heterocycles. The summed E-state index contributed by atoms with van der Waals surface area (Å²) in [7, 11) is -3.37. The fourth-order valence-corrected chi connectivity index (χ4v) is 5.47. The molecule has 6 nitrogen and oxygen atoms in total. The lowest BCUT2D eigenvalue weighted by atomic mass is 9.95. The molecule has 1 aliphatic rings. The van der Waals surface area contributed by atoms with Gasteiger partial charge in [0.15, 0.2) is 9.84 Å². The molecule has 1 saturated heterocycles. The number of sulfone groups is 1. The number of pyridine rings is 1. The van der Waals surface area contributed by atoms with Crippen LogP contribution in [-0.2, 0) is 27.2 Å². The number of alkyl halides is 6. The van der Waals surface area contributed by atoms with Crippen LogP contribution in [0.4, 0.5) is 37.8 Å². The number of carbonyl (C=O) groups is 1. The number of benzene rings is 2. The van der Waals surface area contributed by atoms with Gasteiger partial charge in [0, 0.05) is 12.5 Å². The van der Waals surface area contributed by atoms with E-state index in [4.69, 9.17) is 0 Å². The van der Waals surface area contributed by atoms with Crippen LogP contribution in [0.25, 0.3) is 0 Å². The molecule has 1 N–H and O–H groups in total. The third kappa shape index (κ3) is 6.75. The van der Waals surface area contributed by atoms with Gasteiger partial charge in [-0.3, -0.25) is 4.79 Å². The van der Waals surface area contributed by atoms with E-state index in [0.717, 1.165) is 17.0 Å². The zero-order chi connectivity index (χ0) is 29.3. The predicted molar refractivity (Wildman–Crippen MR) is 137 cm³/mol. The molecule has 4 rings (SSSR count). The van der Waals surface area contributed by atoms with Crippen LogP contribution in [0, 0.1) is 0 Å². The molecule has 0 saturated carbocycles. The third-order valence-corrected chi connectivity index (χ3v) is 8.49. The molecule has 1 amide bonds. The lowest BCUT2D eigenvalue weighted by Crippen LogP contribution is -2.41. The highest BCUT2D eigenvalue weighted by Crippen LogP contribution is 2.42. The molecule has 1 aromatic heterocycles. The fourth-order valence-electron chi connectivity index (χ4n) is 4.59. The van der Waals surface area contributed by atoms with Crippen LogP contribution in [0.3, 0.4) is 0 Å². The van der Waals surface area contributed by atoms with Crippen molar-refractivity contribution in [1.29, 1.82) is 0 Å². The minimum atomic E-state index is -4.60. The van der Waals surface area contributed by atoms with Gasteiger partial charge in [0.25, 0.3) is 0 Å². The second kappa shape index (κ2) is 11.1. The molecule has 1 fully saturated rings. The summed E-state index contributed by atoms with van der Waals surface area (Å²) in [6.45, 7) is 1.43. The molecular weight excluding hydrogens is 560 g/mol. The summed E-state index contributed by atoms with van der Waals surface area (Å²) in [6.07, 6.45) is -8.32.